The fourth-order valence-electron chi connectivity index (χ4n) is 3.01. The van der Waals surface area contributed by atoms with Gasteiger partial charge < -0.3 is 14.8 Å². The number of anilines is 1. The Morgan fingerprint density at radius 2 is 1.84 bits per heavy atom. The number of carbonyl (C=O) groups is 2. The molecule has 0 atom stereocenters. The van der Waals surface area contributed by atoms with Crippen molar-refractivity contribution in [1.29, 1.82) is 0 Å². The molecule has 1 amide bonds. The topological polar surface area (TPSA) is 82.5 Å². The first-order chi connectivity index (χ1) is 15.4. The summed E-state index contributed by atoms with van der Waals surface area (Å²) in [5, 5.41) is 7.88. The van der Waals surface area contributed by atoms with Crippen LogP contribution in [0.15, 0.2) is 60.7 Å². The van der Waals surface area contributed by atoms with Gasteiger partial charge in [-0.3, -0.25) is 4.79 Å². The molecule has 2 aromatic carbocycles. The van der Waals surface area contributed by atoms with Crippen molar-refractivity contribution in [1.82, 2.24) is 9.78 Å². The zero-order valence-corrected chi connectivity index (χ0v) is 17.6. The molecule has 4 rings (SSSR count). The maximum Gasteiger partial charge on any atom is 0.387 e. The number of hydrogen-bond donors (Lipinski definition) is 1. The Morgan fingerprint density at radius 1 is 1.12 bits per heavy atom. The minimum Gasteiger partial charge on any atom is -0.451 e. The SMILES string of the molecule is Cc1nn(-c2ccccc2)c2sc(C(=O)OCC(=O)Nc3ccc(OC(F)F)cc3)cc12. The van der Waals surface area contributed by atoms with Crippen LogP contribution in [0, 0.1) is 6.92 Å². The first-order valence-corrected chi connectivity index (χ1v) is 10.3. The smallest absolute Gasteiger partial charge is 0.387 e. The normalized spacial score (nSPS) is 11.0. The Bertz CT molecular complexity index is 1250. The fraction of sp³-hybridized carbons (Fsp3) is 0.136. The number of nitrogens with zero attached hydrogens (tertiary/aromatic N) is 2. The maximum atomic E-state index is 12.5. The van der Waals surface area contributed by atoms with Crippen LogP contribution in [-0.4, -0.2) is 34.9 Å². The lowest BCUT2D eigenvalue weighted by Crippen LogP contribution is -2.20. The van der Waals surface area contributed by atoms with Crippen molar-refractivity contribution in [3.63, 3.8) is 0 Å². The molecule has 2 aromatic heterocycles. The monoisotopic (exact) mass is 457 g/mol. The number of aryl methyl sites for hydroxylation is 1. The second-order valence-electron chi connectivity index (χ2n) is 6.69. The fourth-order valence-corrected chi connectivity index (χ4v) is 4.09. The molecule has 1 N–H and O–H groups in total. The van der Waals surface area contributed by atoms with Crippen LogP contribution in [0.2, 0.25) is 0 Å². The van der Waals surface area contributed by atoms with Gasteiger partial charge in [-0.25, -0.2) is 9.48 Å². The number of esters is 1. The van der Waals surface area contributed by atoms with Crippen LogP contribution in [0.25, 0.3) is 15.9 Å². The molecule has 0 saturated carbocycles. The average Bonchev–Trinajstić information content (AvgIpc) is 3.34. The first kappa shape index (κ1) is 21.4. The molecule has 0 radical (unpaired) electrons. The van der Waals surface area contributed by atoms with Crippen LogP contribution in [0.3, 0.4) is 0 Å². The highest BCUT2D eigenvalue weighted by molar-refractivity contribution is 7.20. The van der Waals surface area contributed by atoms with Crippen LogP contribution < -0.4 is 10.1 Å². The molecule has 0 saturated heterocycles. The van der Waals surface area contributed by atoms with E-state index >= 15 is 0 Å². The van der Waals surface area contributed by atoms with E-state index in [2.05, 4.69) is 15.2 Å². The van der Waals surface area contributed by atoms with Gasteiger partial charge in [-0.2, -0.15) is 13.9 Å². The third kappa shape index (κ3) is 4.75. The largest absolute Gasteiger partial charge is 0.451 e. The summed E-state index contributed by atoms with van der Waals surface area (Å²) in [6.45, 7) is -1.57. The summed E-state index contributed by atoms with van der Waals surface area (Å²) in [6, 6.07) is 16.6. The molecule has 0 fully saturated rings. The lowest BCUT2D eigenvalue weighted by molar-refractivity contribution is -0.119. The Morgan fingerprint density at radius 3 is 2.53 bits per heavy atom. The van der Waals surface area contributed by atoms with Crippen molar-refractivity contribution in [3.05, 3.63) is 71.2 Å². The van der Waals surface area contributed by atoms with Gasteiger partial charge in [0, 0.05) is 11.1 Å². The third-order valence-electron chi connectivity index (χ3n) is 4.44. The lowest BCUT2D eigenvalue weighted by Gasteiger charge is -2.08. The number of benzene rings is 2. The average molecular weight is 457 g/mol. The quantitative estimate of drug-likeness (QED) is 0.404. The van der Waals surface area contributed by atoms with E-state index in [1.54, 1.807) is 10.7 Å². The number of para-hydroxylation sites is 1. The third-order valence-corrected chi connectivity index (χ3v) is 5.53. The van der Waals surface area contributed by atoms with Gasteiger partial charge in [-0.1, -0.05) is 18.2 Å². The molecule has 2 heterocycles. The van der Waals surface area contributed by atoms with Gasteiger partial charge in [-0.15, -0.1) is 11.3 Å². The van der Waals surface area contributed by atoms with E-state index in [4.69, 9.17) is 4.74 Å². The summed E-state index contributed by atoms with van der Waals surface area (Å²) in [4.78, 5) is 25.7. The van der Waals surface area contributed by atoms with Gasteiger partial charge >= 0.3 is 12.6 Å². The zero-order chi connectivity index (χ0) is 22.7. The summed E-state index contributed by atoms with van der Waals surface area (Å²) in [5.41, 5.74) is 2.00. The summed E-state index contributed by atoms with van der Waals surface area (Å²) in [6.07, 6.45) is 0. The highest BCUT2D eigenvalue weighted by Crippen LogP contribution is 2.30. The molecular weight excluding hydrogens is 440 g/mol. The Labute approximate surface area is 185 Å². The van der Waals surface area contributed by atoms with Gasteiger partial charge in [0.15, 0.2) is 6.61 Å². The highest BCUT2D eigenvalue weighted by atomic mass is 32.1. The van der Waals surface area contributed by atoms with Crippen LogP contribution >= 0.6 is 11.3 Å². The summed E-state index contributed by atoms with van der Waals surface area (Å²) in [5.74, 6) is -1.21. The number of thiophene rings is 1. The van der Waals surface area contributed by atoms with Crippen LogP contribution in [0.4, 0.5) is 14.5 Å². The number of hydrogen-bond acceptors (Lipinski definition) is 6. The molecule has 10 heteroatoms. The van der Waals surface area contributed by atoms with Gasteiger partial charge in [0.1, 0.15) is 15.5 Å². The minimum absolute atomic E-state index is 0.0291. The van der Waals surface area contributed by atoms with Gasteiger partial charge in [0.05, 0.1) is 11.4 Å². The molecule has 4 aromatic rings. The standard InChI is InChI=1S/C22H17F2N3O4S/c1-13-17-11-18(32-20(17)27(26-13)15-5-3-2-4-6-15)21(29)30-12-19(28)25-14-7-9-16(10-8-14)31-22(23)24/h2-11,22H,12H2,1H3,(H,25,28). The molecule has 164 valence electrons. The van der Waals surface area contributed by atoms with E-state index in [-0.39, 0.29) is 5.75 Å². The van der Waals surface area contributed by atoms with Crippen molar-refractivity contribution in [2.45, 2.75) is 13.5 Å². The van der Waals surface area contributed by atoms with Crippen molar-refractivity contribution >= 4 is 39.1 Å². The number of nitrogens with one attached hydrogen (secondary N) is 1. The Kier molecular flexibility index (Phi) is 6.13. The van der Waals surface area contributed by atoms with E-state index in [0.717, 1.165) is 21.6 Å². The van der Waals surface area contributed by atoms with Crippen molar-refractivity contribution < 1.29 is 27.8 Å². The van der Waals surface area contributed by atoms with Crippen molar-refractivity contribution in [3.8, 4) is 11.4 Å². The predicted octanol–water partition coefficient (Wildman–Crippen LogP) is 4.79. The zero-order valence-electron chi connectivity index (χ0n) is 16.7. The molecule has 0 aliphatic rings. The molecule has 0 unspecified atom stereocenters. The van der Waals surface area contributed by atoms with Gasteiger partial charge in [0.25, 0.3) is 5.91 Å². The lowest BCUT2D eigenvalue weighted by atomic mass is 10.3. The summed E-state index contributed by atoms with van der Waals surface area (Å²) < 4.78 is 35.5. The number of halogens is 2. The molecule has 7 nitrogen and oxygen atoms in total. The van der Waals surface area contributed by atoms with Crippen LogP contribution in [-0.2, 0) is 9.53 Å². The van der Waals surface area contributed by atoms with Crippen molar-refractivity contribution in [2.24, 2.45) is 0 Å². The van der Waals surface area contributed by atoms with Crippen LogP contribution in [0.1, 0.15) is 15.4 Å². The number of alkyl halides is 2. The molecule has 0 aliphatic heterocycles. The first-order valence-electron chi connectivity index (χ1n) is 9.47. The molecular formula is C22H17F2N3O4S. The van der Waals surface area contributed by atoms with E-state index < -0.39 is 25.1 Å². The maximum absolute atomic E-state index is 12.5. The molecule has 0 bridgehead atoms. The highest BCUT2D eigenvalue weighted by Gasteiger charge is 2.19. The van der Waals surface area contributed by atoms with Gasteiger partial charge in [-0.05, 0) is 49.4 Å². The summed E-state index contributed by atoms with van der Waals surface area (Å²) >= 11 is 1.23. The van der Waals surface area contributed by atoms with E-state index in [0.29, 0.717) is 10.6 Å². The van der Waals surface area contributed by atoms with Gasteiger partial charge in [0.2, 0.25) is 0 Å². The van der Waals surface area contributed by atoms with E-state index in [1.165, 1.54) is 35.6 Å². The number of aromatic nitrogens is 2. The second-order valence-corrected chi connectivity index (χ2v) is 7.72. The second kappa shape index (κ2) is 9.15. The predicted molar refractivity (Wildman–Crippen MR) is 116 cm³/mol. The molecule has 0 aliphatic carbocycles. The number of rotatable bonds is 7. The van der Waals surface area contributed by atoms with E-state index in [9.17, 15) is 18.4 Å². The Hall–Kier alpha value is -3.79. The van der Waals surface area contributed by atoms with E-state index in [1.807, 2.05) is 37.3 Å². The minimum atomic E-state index is -2.93. The van der Waals surface area contributed by atoms with Crippen LogP contribution in [0.5, 0.6) is 5.75 Å². The van der Waals surface area contributed by atoms with Crippen molar-refractivity contribution in [2.75, 3.05) is 11.9 Å². The number of carbonyl (C=O) groups excluding carboxylic acids is 2. The molecule has 32 heavy (non-hydrogen) atoms. The summed E-state index contributed by atoms with van der Waals surface area (Å²) in [7, 11) is 0. The Balaban J connectivity index is 1.39. The molecule has 0 spiro atoms. The number of ether oxygens (including phenoxy) is 2. The number of fused-ring (bicyclic) bond motifs is 1. The number of amides is 1.